The van der Waals surface area contributed by atoms with Crippen molar-refractivity contribution < 1.29 is 4.79 Å². The maximum Gasteiger partial charge on any atom is 0.209 e. The third-order valence-corrected chi connectivity index (χ3v) is 6.03. The number of Topliss-reactive ketones (excluding diaryl/α,β-unsaturated/α-hetero) is 1. The molecule has 154 valence electrons. The molecule has 0 saturated carbocycles. The molecule has 0 spiro atoms. The molecule has 0 fully saturated rings. The number of imidazole rings is 1. The van der Waals surface area contributed by atoms with E-state index in [1.165, 1.54) is 5.56 Å². The highest BCUT2D eigenvalue weighted by atomic mass is 16.1. The molecule has 0 aliphatic carbocycles. The van der Waals surface area contributed by atoms with E-state index in [4.69, 9.17) is 4.98 Å². The van der Waals surface area contributed by atoms with Gasteiger partial charge in [0.2, 0.25) is 5.95 Å². The van der Waals surface area contributed by atoms with Gasteiger partial charge in [-0.05, 0) is 36.1 Å². The number of para-hydroxylation sites is 2. The van der Waals surface area contributed by atoms with E-state index in [9.17, 15) is 4.79 Å². The summed E-state index contributed by atoms with van der Waals surface area (Å²) in [5.74, 6) is 1.25. The molecule has 0 bridgehead atoms. The molecule has 1 aliphatic heterocycles. The lowest BCUT2D eigenvalue weighted by Gasteiger charge is -2.31. The monoisotopic (exact) mass is 407 g/mol. The highest BCUT2D eigenvalue weighted by molar-refractivity contribution is 6.11. The molecule has 3 aromatic carbocycles. The Morgan fingerprint density at radius 3 is 2.32 bits per heavy atom. The van der Waals surface area contributed by atoms with Crippen LogP contribution in [0.15, 0.2) is 90.1 Å². The van der Waals surface area contributed by atoms with Crippen LogP contribution in [0.4, 0.5) is 5.95 Å². The minimum atomic E-state index is -0.252. The standard InChI is InChI=1S/C27H25N3O/c1-17(2)19-13-15-20(16-14-19)25-24(26(31)21-9-5-4-6-10-21)18(3)28-27-29-22-11-7-8-12-23(22)30(25)27/h4-17,25H,1-3H3,(H,28,29)/t25-/m1/s1. The Kier molecular flexibility index (Phi) is 4.70. The summed E-state index contributed by atoms with van der Waals surface area (Å²) < 4.78 is 2.16. The highest BCUT2D eigenvalue weighted by Gasteiger charge is 2.34. The van der Waals surface area contributed by atoms with Crippen LogP contribution in [0.1, 0.15) is 54.2 Å². The molecule has 1 atom stereocenters. The zero-order chi connectivity index (χ0) is 21.5. The normalized spacial score (nSPS) is 15.8. The molecule has 4 heteroatoms. The van der Waals surface area contributed by atoms with Crippen molar-refractivity contribution in [2.24, 2.45) is 0 Å². The van der Waals surface area contributed by atoms with Crippen LogP contribution in [0.3, 0.4) is 0 Å². The van der Waals surface area contributed by atoms with Crippen LogP contribution in [0.25, 0.3) is 11.0 Å². The van der Waals surface area contributed by atoms with E-state index < -0.39 is 0 Å². The van der Waals surface area contributed by atoms with Crippen LogP contribution in [0, 0.1) is 0 Å². The summed E-state index contributed by atoms with van der Waals surface area (Å²) in [6.07, 6.45) is 0. The molecule has 1 N–H and O–H groups in total. The number of nitrogens with one attached hydrogen (secondary N) is 1. The van der Waals surface area contributed by atoms with Crippen molar-refractivity contribution in [3.05, 3.63) is 107 Å². The van der Waals surface area contributed by atoms with Crippen molar-refractivity contribution >= 4 is 22.8 Å². The van der Waals surface area contributed by atoms with Gasteiger partial charge < -0.3 is 5.32 Å². The summed E-state index contributed by atoms with van der Waals surface area (Å²) in [5, 5.41) is 3.39. The second-order valence-corrected chi connectivity index (χ2v) is 8.38. The number of aromatic nitrogens is 2. The van der Waals surface area contributed by atoms with Crippen LogP contribution >= 0.6 is 0 Å². The van der Waals surface area contributed by atoms with Gasteiger partial charge in [-0.15, -0.1) is 0 Å². The molecule has 0 unspecified atom stereocenters. The van der Waals surface area contributed by atoms with Gasteiger partial charge in [0.05, 0.1) is 17.1 Å². The second kappa shape index (κ2) is 7.55. The van der Waals surface area contributed by atoms with Crippen molar-refractivity contribution in [3.63, 3.8) is 0 Å². The minimum Gasteiger partial charge on any atom is -0.329 e. The Hall–Kier alpha value is -3.66. The largest absolute Gasteiger partial charge is 0.329 e. The van der Waals surface area contributed by atoms with E-state index in [2.05, 4.69) is 54.1 Å². The number of allylic oxidation sites excluding steroid dienone is 2. The predicted molar refractivity (Wildman–Crippen MR) is 125 cm³/mol. The number of anilines is 1. The third-order valence-electron chi connectivity index (χ3n) is 6.03. The molecule has 0 radical (unpaired) electrons. The van der Waals surface area contributed by atoms with Gasteiger partial charge in [-0.1, -0.05) is 80.6 Å². The van der Waals surface area contributed by atoms with Crippen molar-refractivity contribution in [3.8, 4) is 0 Å². The molecule has 1 aromatic heterocycles. The summed E-state index contributed by atoms with van der Waals surface area (Å²) in [4.78, 5) is 18.5. The van der Waals surface area contributed by atoms with Gasteiger partial charge in [-0.3, -0.25) is 9.36 Å². The first-order valence-corrected chi connectivity index (χ1v) is 10.7. The Morgan fingerprint density at radius 1 is 0.935 bits per heavy atom. The summed E-state index contributed by atoms with van der Waals surface area (Å²) in [5.41, 5.74) is 6.56. The zero-order valence-electron chi connectivity index (χ0n) is 18.0. The summed E-state index contributed by atoms with van der Waals surface area (Å²) in [6.45, 7) is 6.35. The lowest BCUT2D eigenvalue weighted by molar-refractivity contribution is 0.102. The fraction of sp³-hybridized carbons (Fsp3) is 0.185. The summed E-state index contributed by atoms with van der Waals surface area (Å²) in [7, 11) is 0. The highest BCUT2D eigenvalue weighted by Crippen LogP contribution is 2.40. The van der Waals surface area contributed by atoms with Crippen LogP contribution in [0.2, 0.25) is 0 Å². The molecular formula is C27H25N3O. The number of carbonyl (C=O) groups excluding carboxylic acids is 1. The molecule has 0 amide bonds. The van der Waals surface area contributed by atoms with Crippen LogP contribution in [0.5, 0.6) is 0 Å². The lowest BCUT2D eigenvalue weighted by atomic mass is 9.88. The maximum absolute atomic E-state index is 13.7. The Morgan fingerprint density at radius 2 is 1.61 bits per heavy atom. The molecule has 2 heterocycles. The van der Waals surface area contributed by atoms with Gasteiger partial charge in [-0.2, -0.15) is 0 Å². The number of hydrogen-bond donors (Lipinski definition) is 1. The van der Waals surface area contributed by atoms with Crippen LogP contribution in [-0.2, 0) is 0 Å². The molecule has 5 rings (SSSR count). The number of rotatable bonds is 4. The van der Waals surface area contributed by atoms with E-state index in [0.29, 0.717) is 11.5 Å². The zero-order valence-corrected chi connectivity index (χ0v) is 18.0. The molecule has 1 aliphatic rings. The first kappa shape index (κ1) is 19.3. The molecule has 4 nitrogen and oxygen atoms in total. The molecule has 4 aromatic rings. The number of fused-ring (bicyclic) bond motifs is 3. The van der Waals surface area contributed by atoms with E-state index in [1.807, 2.05) is 55.5 Å². The predicted octanol–water partition coefficient (Wildman–Crippen LogP) is 6.33. The number of hydrogen-bond acceptors (Lipinski definition) is 3. The van der Waals surface area contributed by atoms with Crippen molar-refractivity contribution in [2.45, 2.75) is 32.7 Å². The average Bonchev–Trinajstić information content (AvgIpc) is 3.16. The van der Waals surface area contributed by atoms with Gasteiger partial charge in [0.25, 0.3) is 0 Å². The minimum absolute atomic E-state index is 0.0342. The molecular weight excluding hydrogens is 382 g/mol. The van der Waals surface area contributed by atoms with Crippen molar-refractivity contribution in [1.82, 2.24) is 9.55 Å². The number of benzene rings is 3. The number of nitrogens with zero attached hydrogens (tertiary/aromatic N) is 2. The first-order chi connectivity index (χ1) is 15.0. The fourth-order valence-electron chi connectivity index (χ4n) is 4.38. The SMILES string of the molecule is CC1=C(C(=O)c2ccccc2)[C@@H](c2ccc(C(C)C)cc2)n2c(nc3ccccc32)N1. The number of ketones is 1. The smallest absolute Gasteiger partial charge is 0.209 e. The van der Waals surface area contributed by atoms with E-state index >= 15 is 0 Å². The lowest BCUT2D eigenvalue weighted by Crippen LogP contribution is -2.28. The second-order valence-electron chi connectivity index (χ2n) is 8.38. The van der Waals surface area contributed by atoms with Crippen molar-refractivity contribution in [1.29, 1.82) is 0 Å². The Labute approximate surface area is 182 Å². The van der Waals surface area contributed by atoms with Gasteiger partial charge in [0.15, 0.2) is 5.78 Å². The summed E-state index contributed by atoms with van der Waals surface area (Å²) >= 11 is 0. The van der Waals surface area contributed by atoms with E-state index in [1.54, 1.807) is 0 Å². The van der Waals surface area contributed by atoms with Gasteiger partial charge in [0, 0.05) is 16.8 Å². The number of carbonyl (C=O) groups is 1. The van der Waals surface area contributed by atoms with E-state index in [-0.39, 0.29) is 11.8 Å². The van der Waals surface area contributed by atoms with Gasteiger partial charge >= 0.3 is 0 Å². The summed E-state index contributed by atoms with van der Waals surface area (Å²) in [6, 6.07) is 26.0. The average molecular weight is 408 g/mol. The topological polar surface area (TPSA) is 46.9 Å². The molecule has 31 heavy (non-hydrogen) atoms. The quantitative estimate of drug-likeness (QED) is 0.402. The van der Waals surface area contributed by atoms with E-state index in [0.717, 1.165) is 33.8 Å². The van der Waals surface area contributed by atoms with Gasteiger partial charge in [-0.25, -0.2) is 4.98 Å². The molecule has 0 saturated heterocycles. The third kappa shape index (κ3) is 3.25. The Bertz CT molecular complexity index is 1300. The van der Waals surface area contributed by atoms with Crippen molar-refractivity contribution in [2.75, 3.05) is 5.32 Å². The maximum atomic E-state index is 13.7. The van der Waals surface area contributed by atoms with Gasteiger partial charge in [0.1, 0.15) is 0 Å². The first-order valence-electron chi connectivity index (χ1n) is 10.7. The van der Waals surface area contributed by atoms with Crippen LogP contribution in [-0.4, -0.2) is 15.3 Å². The Balaban J connectivity index is 1.73. The fourth-order valence-corrected chi connectivity index (χ4v) is 4.38. The van der Waals surface area contributed by atoms with Crippen LogP contribution < -0.4 is 5.32 Å².